The van der Waals surface area contributed by atoms with Crippen LogP contribution in [0.5, 0.6) is 0 Å². The Balaban J connectivity index is 1.82. The average molecular weight is 381 g/mol. The minimum atomic E-state index is -3.11. The molecule has 6 nitrogen and oxygen atoms in total. The van der Waals surface area contributed by atoms with Gasteiger partial charge in [0.05, 0.1) is 5.52 Å². The number of fused-ring (bicyclic) bond motifs is 1. The summed E-state index contributed by atoms with van der Waals surface area (Å²) in [6.45, 7) is 2.77. The fraction of sp³-hybridized carbons (Fsp3) is 0.294. The molecule has 0 bridgehead atoms. The zero-order valence-electron chi connectivity index (χ0n) is 13.6. The van der Waals surface area contributed by atoms with E-state index < -0.39 is 30.2 Å². The van der Waals surface area contributed by atoms with E-state index in [4.69, 9.17) is 11.6 Å². The van der Waals surface area contributed by atoms with E-state index >= 15 is 0 Å². The van der Waals surface area contributed by atoms with E-state index in [1.165, 1.54) is 11.0 Å². The SMILES string of the molecule is C=CC(=O)NC1CN(C(=O)c2cc3ccc(Cl)cc3nn2)CCC1(F)F. The fourth-order valence-corrected chi connectivity index (χ4v) is 2.91. The summed E-state index contributed by atoms with van der Waals surface area (Å²) in [6.07, 6.45) is 0.355. The number of piperidine rings is 1. The third kappa shape index (κ3) is 3.65. The Labute approximate surface area is 152 Å². The summed E-state index contributed by atoms with van der Waals surface area (Å²) >= 11 is 5.88. The molecule has 0 radical (unpaired) electrons. The van der Waals surface area contributed by atoms with Crippen LogP contribution in [0.3, 0.4) is 0 Å². The first kappa shape index (κ1) is 18.2. The van der Waals surface area contributed by atoms with Crippen LogP contribution < -0.4 is 5.32 Å². The molecule has 0 saturated carbocycles. The number of likely N-dealkylation sites (tertiary alicyclic amines) is 1. The molecule has 1 unspecified atom stereocenters. The van der Waals surface area contributed by atoms with Crippen molar-refractivity contribution in [2.45, 2.75) is 18.4 Å². The van der Waals surface area contributed by atoms with E-state index in [0.29, 0.717) is 15.9 Å². The lowest BCUT2D eigenvalue weighted by atomic mass is 10.0. The van der Waals surface area contributed by atoms with Gasteiger partial charge in [-0.05, 0) is 24.3 Å². The van der Waals surface area contributed by atoms with Gasteiger partial charge in [0.1, 0.15) is 6.04 Å². The van der Waals surface area contributed by atoms with E-state index in [2.05, 4.69) is 22.1 Å². The topological polar surface area (TPSA) is 75.2 Å². The molecule has 1 N–H and O–H groups in total. The second-order valence-corrected chi connectivity index (χ2v) is 6.40. The van der Waals surface area contributed by atoms with Gasteiger partial charge in [0.2, 0.25) is 5.91 Å². The normalized spacial score (nSPS) is 19.2. The van der Waals surface area contributed by atoms with E-state index in [9.17, 15) is 18.4 Å². The third-order valence-corrected chi connectivity index (χ3v) is 4.42. The second kappa shape index (κ2) is 6.95. The van der Waals surface area contributed by atoms with Gasteiger partial charge in [0.25, 0.3) is 11.8 Å². The van der Waals surface area contributed by atoms with Crippen LogP contribution in [0, 0.1) is 0 Å². The van der Waals surface area contributed by atoms with Gasteiger partial charge in [0.15, 0.2) is 5.69 Å². The number of carbonyl (C=O) groups is 2. The van der Waals surface area contributed by atoms with Crippen molar-refractivity contribution in [2.24, 2.45) is 0 Å². The molecule has 0 spiro atoms. The van der Waals surface area contributed by atoms with Crippen molar-refractivity contribution in [3.05, 3.63) is 47.6 Å². The molecule has 1 aromatic heterocycles. The number of hydrogen-bond acceptors (Lipinski definition) is 4. The summed E-state index contributed by atoms with van der Waals surface area (Å²) in [6, 6.07) is 5.01. The van der Waals surface area contributed by atoms with Crippen molar-refractivity contribution in [3.63, 3.8) is 0 Å². The predicted molar refractivity (Wildman–Crippen MR) is 92.1 cm³/mol. The summed E-state index contributed by atoms with van der Waals surface area (Å²) in [7, 11) is 0. The number of aromatic nitrogens is 2. The van der Waals surface area contributed by atoms with Crippen molar-refractivity contribution in [2.75, 3.05) is 13.1 Å². The van der Waals surface area contributed by atoms with Crippen molar-refractivity contribution in [1.29, 1.82) is 0 Å². The van der Waals surface area contributed by atoms with Gasteiger partial charge in [-0.15, -0.1) is 10.2 Å². The summed E-state index contributed by atoms with van der Waals surface area (Å²) in [4.78, 5) is 25.3. The molecule has 3 rings (SSSR count). The molecule has 1 aromatic carbocycles. The Morgan fingerprint density at radius 3 is 2.85 bits per heavy atom. The van der Waals surface area contributed by atoms with Gasteiger partial charge < -0.3 is 10.2 Å². The summed E-state index contributed by atoms with van der Waals surface area (Å²) in [5, 5.41) is 11.2. The quantitative estimate of drug-likeness (QED) is 0.830. The standard InChI is InChI=1S/C17H15ClF2N4O2/c1-2-15(25)21-14-9-24(6-5-17(14,19)20)16(26)13-7-10-3-4-11(18)8-12(10)22-23-13/h2-4,7-8,14H,1,5-6,9H2,(H,21,25). The van der Waals surface area contributed by atoms with Crippen LogP contribution in [-0.2, 0) is 4.79 Å². The molecule has 26 heavy (non-hydrogen) atoms. The van der Waals surface area contributed by atoms with Crippen molar-refractivity contribution in [3.8, 4) is 0 Å². The number of alkyl halides is 2. The zero-order chi connectivity index (χ0) is 18.9. The van der Waals surface area contributed by atoms with Crippen LogP contribution >= 0.6 is 11.6 Å². The van der Waals surface area contributed by atoms with Crippen LogP contribution in [0.25, 0.3) is 10.9 Å². The van der Waals surface area contributed by atoms with E-state index in [0.717, 1.165) is 6.08 Å². The lowest BCUT2D eigenvalue weighted by Crippen LogP contribution is -2.59. The average Bonchev–Trinajstić information content (AvgIpc) is 2.62. The highest BCUT2D eigenvalue weighted by Crippen LogP contribution is 2.29. The Bertz CT molecular complexity index is 890. The van der Waals surface area contributed by atoms with Gasteiger partial charge in [0, 0.05) is 29.9 Å². The maximum absolute atomic E-state index is 14.0. The fourth-order valence-electron chi connectivity index (χ4n) is 2.75. The molecular weight excluding hydrogens is 366 g/mol. The van der Waals surface area contributed by atoms with Crippen molar-refractivity contribution < 1.29 is 18.4 Å². The molecule has 1 aliphatic heterocycles. The number of hydrogen-bond donors (Lipinski definition) is 1. The summed E-state index contributed by atoms with van der Waals surface area (Å²) in [5.41, 5.74) is 0.564. The van der Waals surface area contributed by atoms with E-state index in [1.54, 1.807) is 18.2 Å². The smallest absolute Gasteiger partial charge is 0.274 e. The van der Waals surface area contributed by atoms with E-state index in [-0.39, 0.29) is 18.8 Å². The number of nitrogens with one attached hydrogen (secondary N) is 1. The van der Waals surface area contributed by atoms with Gasteiger partial charge >= 0.3 is 0 Å². The Hall–Kier alpha value is -2.61. The first-order valence-electron chi connectivity index (χ1n) is 7.83. The third-order valence-electron chi connectivity index (χ3n) is 4.19. The van der Waals surface area contributed by atoms with Gasteiger partial charge in [-0.3, -0.25) is 9.59 Å². The minimum Gasteiger partial charge on any atom is -0.342 e. The second-order valence-electron chi connectivity index (χ2n) is 5.96. The predicted octanol–water partition coefficient (Wildman–Crippen LogP) is 2.44. The number of benzene rings is 1. The van der Waals surface area contributed by atoms with Crippen molar-refractivity contribution >= 4 is 34.3 Å². The number of rotatable bonds is 3. The molecule has 1 saturated heterocycles. The molecule has 2 aromatic rings. The number of carbonyl (C=O) groups excluding carboxylic acids is 2. The monoisotopic (exact) mass is 380 g/mol. The molecule has 2 amide bonds. The molecule has 2 heterocycles. The molecule has 1 aliphatic rings. The highest BCUT2D eigenvalue weighted by Gasteiger charge is 2.46. The Morgan fingerprint density at radius 1 is 1.35 bits per heavy atom. The molecule has 1 atom stereocenters. The largest absolute Gasteiger partial charge is 0.342 e. The zero-order valence-corrected chi connectivity index (χ0v) is 14.3. The van der Waals surface area contributed by atoms with Gasteiger partial charge in [-0.1, -0.05) is 24.2 Å². The van der Waals surface area contributed by atoms with Crippen molar-refractivity contribution in [1.82, 2.24) is 20.4 Å². The molecule has 136 valence electrons. The molecule has 1 fully saturated rings. The first-order valence-corrected chi connectivity index (χ1v) is 8.21. The molecule has 9 heteroatoms. The molecule has 0 aliphatic carbocycles. The highest BCUT2D eigenvalue weighted by molar-refractivity contribution is 6.31. The van der Waals surface area contributed by atoms with E-state index in [1.807, 2.05) is 0 Å². The number of nitrogens with zero attached hydrogens (tertiary/aromatic N) is 3. The minimum absolute atomic E-state index is 0.0406. The first-order chi connectivity index (χ1) is 12.3. The summed E-state index contributed by atoms with van der Waals surface area (Å²) in [5.74, 6) is -4.35. The number of halogens is 3. The maximum atomic E-state index is 14.0. The van der Waals surface area contributed by atoms with Crippen LogP contribution in [0.4, 0.5) is 8.78 Å². The lowest BCUT2D eigenvalue weighted by molar-refractivity contribution is -0.124. The van der Waals surface area contributed by atoms with Crippen LogP contribution in [0.15, 0.2) is 36.9 Å². The summed E-state index contributed by atoms with van der Waals surface area (Å²) < 4.78 is 28.0. The van der Waals surface area contributed by atoms with Crippen LogP contribution in [0.1, 0.15) is 16.9 Å². The highest BCUT2D eigenvalue weighted by atomic mass is 35.5. The van der Waals surface area contributed by atoms with Gasteiger partial charge in [-0.25, -0.2) is 8.78 Å². The Morgan fingerprint density at radius 2 is 2.12 bits per heavy atom. The maximum Gasteiger partial charge on any atom is 0.274 e. The Kier molecular flexibility index (Phi) is 4.86. The lowest BCUT2D eigenvalue weighted by Gasteiger charge is -2.38. The number of amides is 2. The van der Waals surface area contributed by atoms with Crippen LogP contribution in [-0.4, -0.2) is 52.0 Å². The molecular formula is C17H15ClF2N4O2. The van der Waals surface area contributed by atoms with Gasteiger partial charge in [-0.2, -0.15) is 0 Å². The van der Waals surface area contributed by atoms with Crippen LogP contribution in [0.2, 0.25) is 5.02 Å².